The molecule has 23 heavy (non-hydrogen) atoms. The van der Waals surface area contributed by atoms with Crippen LogP contribution in [-0.2, 0) is 14.3 Å². The predicted molar refractivity (Wildman–Crippen MR) is 83.8 cm³/mol. The van der Waals surface area contributed by atoms with Crippen molar-refractivity contribution in [3.05, 3.63) is 29.8 Å². The van der Waals surface area contributed by atoms with Crippen LogP contribution in [0.3, 0.4) is 0 Å². The van der Waals surface area contributed by atoms with Crippen LogP contribution in [0, 0.1) is 10.8 Å². The number of hydrogen-bond acceptors (Lipinski definition) is 5. The largest absolute Gasteiger partial charge is 0.508 e. The van der Waals surface area contributed by atoms with Gasteiger partial charge in [-0.25, -0.2) is 5.43 Å². The van der Waals surface area contributed by atoms with Crippen LogP contribution in [0.15, 0.2) is 29.4 Å². The molecule has 2 N–H and O–H groups in total. The summed E-state index contributed by atoms with van der Waals surface area (Å²) in [6, 6.07) is 6.42. The van der Waals surface area contributed by atoms with Gasteiger partial charge in [0, 0.05) is 5.41 Å². The second kappa shape index (κ2) is 4.81. The van der Waals surface area contributed by atoms with E-state index in [2.05, 4.69) is 10.5 Å². The quantitative estimate of drug-likeness (QED) is 0.507. The highest BCUT2D eigenvalue weighted by molar-refractivity contribution is 5.96. The minimum absolute atomic E-state index is 0.162. The van der Waals surface area contributed by atoms with Gasteiger partial charge in [0.15, 0.2) is 5.60 Å². The van der Waals surface area contributed by atoms with Crippen molar-refractivity contribution in [3.63, 3.8) is 0 Å². The van der Waals surface area contributed by atoms with Crippen LogP contribution in [0.1, 0.15) is 39.2 Å². The van der Waals surface area contributed by atoms with E-state index in [9.17, 15) is 14.7 Å². The van der Waals surface area contributed by atoms with E-state index in [1.54, 1.807) is 12.1 Å². The number of ether oxygens (including phenoxy) is 1. The minimum Gasteiger partial charge on any atom is -0.508 e. The third kappa shape index (κ3) is 1.97. The number of carbonyl (C=O) groups excluding carboxylic acids is 2. The monoisotopic (exact) mass is 316 g/mol. The van der Waals surface area contributed by atoms with Crippen LogP contribution in [0.5, 0.6) is 5.75 Å². The number of carbonyl (C=O) groups is 2. The number of fused-ring (bicyclic) bond motifs is 2. The molecule has 0 radical (unpaired) electrons. The molecule has 0 unspecified atom stereocenters. The van der Waals surface area contributed by atoms with Crippen LogP contribution in [0.2, 0.25) is 0 Å². The maximum atomic E-state index is 12.6. The maximum Gasteiger partial charge on any atom is 0.313 e. The summed E-state index contributed by atoms with van der Waals surface area (Å²) in [6.45, 7) is 5.65. The second-order valence-electron chi connectivity index (χ2n) is 6.96. The van der Waals surface area contributed by atoms with Gasteiger partial charge in [0.1, 0.15) is 5.75 Å². The zero-order valence-corrected chi connectivity index (χ0v) is 13.4. The van der Waals surface area contributed by atoms with Crippen molar-refractivity contribution < 1.29 is 19.4 Å². The van der Waals surface area contributed by atoms with Crippen LogP contribution >= 0.6 is 0 Å². The van der Waals surface area contributed by atoms with Crippen molar-refractivity contribution in [1.29, 1.82) is 0 Å². The molecule has 0 aromatic heterocycles. The number of hydrogen-bond donors (Lipinski definition) is 2. The fourth-order valence-corrected chi connectivity index (χ4v) is 3.56. The van der Waals surface area contributed by atoms with E-state index < -0.39 is 22.3 Å². The van der Waals surface area contributed by atoms with Crippen LogP contribution in [0.4, 0.5) is 0 Å². The van der Waals surface area contributed by atoms with E-state index in [0.717, 1.165) is 5.56 Å². The van der Waals surface area contributed by atoms with Crippen molar-refractivity contribution in [2.45, 2.75) is 39.2 Å². The number of nitrogens with zero attached hydrogens (tertiary/aromatic N) is 1. The second-order valence-corrected chi connectivity index (χ2v) is 6.96. The summed E-state index contributed by atoms with van der Waals surface area (Å²) < 4.78 is 5.49. The first-order valence-corrected chi connectivity index (χ1v) is 7.59. The van der Waals surface area contributed by atoms with E-state index in [1.165, 1.54) is 18.3 Å². The number of esters is 1. The lowest BCUT2D eigenvalue weighted by Gasteiger charge is -2.34. The highest BCUT2D eigenvalue weighted by Crippen LogP contribution is 2.65. The summed E-state index contributed by atoms with van der Waals surface area (Å²) >= 11 is 0. The summed E-state index contributed by atoms with van der Waals surface area (Å²) in [5, 5.41) is 13.2. The molecule has 1 aliphatic heterocycles. The first-order chi connectivity index (χ1) is 10.7. The van der Waals surface area contributed by atoms with E-state index in [-0.39, 0.29) is 11.7 Å². The van der Waals surface area contributed by atoms with Crippen molar-refractivity contribution >= 4 is 18.1 Å². The van der Waals surface area contributed by atoms with Gasteiger partial charge in [0.2, 0.25) is 0 Å². The van der Waals surface area contributed by atoms with Gasteiger partial charge in [0.25, 0.3) is 5.91 Å². The number of phenolic OH excluding ortho intramolecular Hbond substituents is 1. The fraction of sp³-hybridized carbons (Fsp3) is 0.471. The van der Waals surface area contributed by atoms with E-state index in [0.29, 0.717) is 12.8 Å². The molecule has 1 saturated carbocycles. The lowest BCUT2D eigenvalue weighted by atomic mass is 9.66. The molecule has 1 saturated heterocycles. The molecule has 2 bridgehead atoms. The number of phenols is 1. The summed E-state index contributed by atoms with van der Waals surface area (Å²) in [7, 11) is 0. The molecule has 1 aliphatic carbocycles. The standard InChI is InChI=1S/C17H20N2O4/c1-15(2)16(3)8-9-17(15,23-14(16)22)13(21)19-18-10-11-4-6-12(20)7-5-11/h4-7,10,20H,8-9H2,1-3H3,(H,19,21)/b18-10-/t16-,17-/m1/s1. The first kappa shape index (κ1) is 15.5. The highest BCUT2D eigenvalue weighted by Gasteiger charge is 2.75. The Morgan fingerprint density at radius 2 is 1.91 bits per heavy atom. The molecule has 1 aromatic rings. The molecule has 0 spiro atoms. The van der Waals surface area contributed by atoms with Crippen molar-refractivity contribution in [2.24, 2.45) is 15.9 Å². The third-order valence-corrected chi connectivity index (χ3v) is 5.72. The number of amides is 1. The molecule has 1 aromatic carbocycles. The Morgan fingerprint density at radius 1 is 1.26 bits per heavy atom. The third-order valence-electron chi connectivity index (χ3n) is 5.72. The van der Waals surface area contributed by atoms with Crippen LogP contribution < -0.4 is 5.43 Å². The van der Waals surface area contributed by atoms with Gasteiger partial charge >= 0.3 is 5.97 Å². The summed E-state index contributed by atoms with van der Waals surface area (Å²) in [6.07, 6.45) is 2.61. The zero-order valence-electron chi connectivity index (χ0n) is 13.4. The normalized spacial score (nSPS) is 31.3. The van der Waals surface area contributed by atoms with E-state index >= 15 is 0 Å². The average molecular weight is 316 g/mol. The number of nitrogens with one attached hydrogen (secondary N) is 1. The summed E-state index contributed by atoms with van der Waals surface area (Å²) in [5.74, 6) is -0.548. The molecule has 6 nitrogen and oxygen atoms in total. The highest BCUT2D eigenvalue weighted by atomic mass is 16.6. The molecule has 122 valence electrons. The molecular formula is C17H20N2O4. The Hall–Kier alpha value is -2.37. The molecule has 2 atom stereocenters. The summed E-state index contributed by atoms with van der Waals surface area (Å²) in [5.41, 5.74) is 0.842. The van der Waals surface area contributed by atoms with Crippen LogP contribution in [-0.4, -0.2) is 28.8 Å². The number of hydrazone groups is 1. The average Bonchev–Trinajstić information content (AvgIpc) is 2.79. The van der Waals surface area contributed by atoms with Gasteiger partial charge in [0.05, 0.1) is 11.6 Å². The van der Waals surface area contributed by atoms with Crippen molar-refractivity contribution in [3.8, 4) is 5.75 Å². The van der Waals surface area contributed by atoms with Gasteiger partial charge in [-0.1, -0.05) is 13.8 Å². The Bertz CT molecular complexity index is 695. The number of aromatic hydroxyl groups is 1. The Balaban J connectivity index is 1.76. The Morgan fingerprint density at radius 3 is 2.43 bits per heavy atom. The fourth-order valence-electron chi connectivity index (χ4n) is 3.56. The van der Waals surface area contributed by atoms with Crippen molar-refractivity contribution in [1.82, 2.24) is 5.43 Å². The molecule has 2 aliphatic rings. The zero-order chi connectivity index (χ0) is 16.9. The molecule has 6 heteroatoms. The van der Waals surface area contributed by atoms with Gasteiger partial charge < -0.3 is 9.84 Å². The van der Waals surface area contributed by atoms with Crippen LogP contribution in [0.25, 0.3) is 0 Å². The molecule has 3 rings (SSSR count). The number of benzene rings is 1. The molecule has 1 heterocycles. The SMILES string of the molecule is CC1(C)[C@]2(C)CC[C@]1(C(=O)N/N=C\c1ccc(O)cc1)OC2=O. The van der Waals surface area contributed by atoms with E-state index in [1.807, 2.05) is 20.8 Å². The smallest absolute Gasteiger partial charge is 0.313 e. The first-order valence-electron chi connectivity index (χ1n) is 7.59. The minimum atomic E-state index is -1.16. The van der Waals surface area contributed by atoms with Gasteiger partial charge in [-0.05, 0) is 49.6 Å². The Labute approximate surface area is 134 Å². The maximum absolute atomic E-state index is 12.6. The molecule has 1 amide bonds. The lowest BCUT2D eigenvalue weighted by Crippen LogP contribution is -2.52. The van der Waals surface area contributed by atoms with Gasteiger partial charge in [-0.3, -0.25) is 9.59 Å². The van der Waals surface area contributed by atoms with Gasteiger partial charge in [-0.2, -0.15) is 5.10 Å². The lowest BCUT2D eigenvalue weighted by molar-refractivity contribution is -0.168. The van der Waals surface area contributed by atoms with Crippen molar-refractivity contribution in [2.75, 3.05) is 0 Å². The van der Waals surface area contributed by atoms with Gasteiger partial charge in [-0.15, -0.1) is 0 Å². The summed E-state index contributed by atoms with van der Waals surface area (Å²) in [4.78, 5) is 24.8. The number of rotatable bonds is 3. The predicted octanol–water partition coefficient (Wildman–Crippen LogP) is 1.96. The molecular weight excluding hydrogens is 296 g/mol. The Kier molecular flexibility index (Phi) is 3.25. The van der Waals surface area contributed by atoms with E-state index in [4.69, 9.17) is 4.74 Å². The topological polar surface area (TPSA) is 88.0 Å². The molecule has 2 fully saturated rings.